The highest BCUT2D eigenvalue weighted by Crippen LogP contribution is 2.39. The van der Waals surface area contributed by atoms with Gasteiger partial charge >= 0.3 is 5.97 Å². The van der Waals surface area contributed by atoms with Crippen molar-refractivity contribution in [2.75, 3.05) is 20.3 Å². The van der Waals surface area contributed by atoms with Gasteiger partial charge in [-0.15, -0.1) is 0 Å². The largest absolute Gasteiger partial charge is 0.490 e. The molecule has 32 heavy (non-hydrogen) atoms. The number of carbonyl (C=O) groups is 1. The van der Waals surface area contributed by atoms with Crippen LogP contribution in [0.25, 0.3) is 22.1 Å². The van der Waals surface area contributed by atoms with Gasteiger partial charge in [0.2, 0.25) is 0 Å². The zero-order chi connectivity index (χ0) is 22.1. The van der Waals surface area contributed by atoms with Gasteiger partial charge in [-0.3, -0.25) is 0 Å². The molecule has 0 bridgehead atoms. The Bertz CT molecular complexity index is 1160. The Labute approximate surface area is 186 Å². The second kappa shape index (κ2) is 8.45. The second-order valence-corrected chi connectivity index (χ2v) is 8.33. The number of furan rings is 1. The van der Waals surface area contributed by atoms with Crippen molar-refractivity contribution < 1.29 is 28.2 Å². The third kappa shape index (κ3) is 3.80. The van der Waals surface area contributed by atoms with Crippen LogP contribution < -0.4 is 4.74 Å². The molecular weight excluding hydrogens is 408 g/mol. The maximum atomic E-state index is 12.2. The predicted molar refractivity (Wildman–Crippen MR) is 120 cm³/mol. The lowest BCUT2D eigenvalue weighted by atomic mass is 9.90. The van der Waals surface area contributed by atoms with Gasteiger partial charge in [-0.25, -0.2) is 4.79 Å². The number of hydrogen-bond acceptors (Lipinski definition) is 6. The minimum absolute atomic E-state index is 0.173. The van der Waals surface area contributed by atoms with Crippen molar-refractivity contribution >= 4 is 16.7 Å². The normalized spacial score (nSPS) is 22.9. The molecule has 0 saturated carbocycles. The summed E-state index contributed by atoms with van der Waals surface area (Å²) < 4.78 is 28.4. The second-order valence-electron chi connectivity index (χ2n) is 8.33. The fourth-order valence-electron chi connectivity index (χ4n) is 4.66. The molecule has 6 heteroatoms. The van der Waals surface area contributed by atoms with Gasteiger partial charge in [-0.1, -0.05) is 6.08 Å². The van der Waals surface area contributed by atoms with Crippen LogP contribution >= 0.6 is 0 Å². The number of fused-ring (bicyclic) bond motifs is 2. The number of rotatable bonds is 6. The van der Waals surface area contributed by atoms with Crippen LogP contribution in [0.5, 0.6) is 5.75 Å². The van der Waals surface area contributed by atoms with Crippen LogP contribution in [0.3, 0.4) is 0 Å². The molecule has 3 heterocycles. The average molecular weight is 434 g/mol. The maximum absolute atomic E-state index is 12.2. The molecule has 2 atom stereocenters. The SMILES string of the molecule is COC1(C=CCOc2ccc3c(-c4ccco4)c4c(cc3c2)C(=O)OC4)CCOC(C)C1. The van der Waals surface area contributed by atoms with Gasteiger partial charge in [-0.05, 0) is 60.2 Å². The highest BCUT2D eigenvalue weighted by atomic mass is 16.5. The molecule has 3 aromatic rings. The van der Waals surface area contributed by atoms with Crippen LogP contribution in [0, 0.1) is 0 Å². The first kappa shape index (κ1) is 20.8. The van der Waals surface area contributed by atoms with Gasteiger partial charge in [0, 0.05) is 37.7 Å². The molecule has 6 nitrogen and oxygen atoms in total. The first-order valence-corrected chi connectivity index (χ1v) is 10.9. The summed E-state index contributed by atoms with van der Waals surface area (Å²) in [4.78, 5) is 12.2. The van der Waals surface area contributed by atoms with E-state index in [-0.39, 0.29) is 24.3 Å². The fourth-order valence-corrected chi connectivity index (χ4v) is 4.66. The number of ether oxygens (including phenoxy) is 4. The van der Waals surface area contributed by atoms with Gasteiger partial charge in [0.15, 0.2) is 0 Å². The Morgan fingerprint density at radius 3 is 2.94 bits per heavy atom. The lowest BCUT2D eigenvalue weighted by molar-refractivity contribution is -0.0909. The predicted octanol–water partition coefficient (Wildman–Crippen LogP) is 5.29. The van der Waals surface area contributed by atoms with Crippen molar-refractivity contribution in [1.29, 1.82) is 0 Å². The average Bonchev–Trinajstić information content (AvgIpc) is 3.46. The molecule has 0 radical (unpaired) electrons. The molecule has 2 aliphatic heterocycles. The minimum Gasteiger partial charge on any atom is -0.490 e. The summed E-state index contributed by atoms with van der Waals surface area (Å²) in [7, 11) is 1.74. The van der Waals surface area contributed by atoms with Gasteiger partial charge < -0.3 is 23.4 Å². The Kier molecular flexibility index (Phi) is 5.49. The molecule has 0 spiro atoms. The van der Waals surface area contributed by atoms with E-state index >= 15 is 0 Å². The Hall–Kier alpha value is -3.09. The van der Waals surface area contributed by atoms with Crippen molar-refractivity contribution in [2.45, 2.75) is 38.1 Å². The number of cyclic esters (lactones) is 1. The van der Waals surface area contributed by atoms with Crippen molar-refractivity contribution in [3.63, 3.8) is 0 Å². The highest BCUT2D eigenvalue weighted by molar-refractivity contribution is 6.06. The van der Waals surface area contributed by atoms with Crippen LogP contribution in [-0.2, 0) is 20.8 Å². The van der Waals surface area contributed by atoms with E-state index in [9.17, 15) is 4.79 Å². The molecule has 2 aromatic carbocycles. The van der Waals surface area contributed by atoms with Crippen molar-refractivity contribution in [3.8, 4) is 17.1 Å². The molecule has 166 valence electrons. The molecule has 2 aliphatic rings. The number of methoxy groups -OCH3 is 1. The zero-order valence-electron chi connectivity index (χ0n) is 18.3. The summed E-state index contributed by atoms with van der Waals surface area (Å²) in [6.07, 6.45) is 7.55. The molecule has 2 unspecified atom stereocenters. The molecular formula is C26H26O6. The standard InChI is InChI=1S/C26H26O6/c1-17-15-26(28-2,9-12-29-17)8-4-11-30-19-6-7-20-18(13-19)14-21-22(16-32-25(21)27)24(20)23-5-3-10-31-23/h3-8,10,13-14,17H,9,11-12,15-16H2,1-2H3. The molecule has 5 rings (SSSR count). The Morgan fingerprint density at radius 2 is 2.16 bits per heavy atom. The highest BCUT2D eigenvalue weighted by Gasteiger charge is 2.33. The topological polar surface area (TPSA) is 67.1 Å². The van der Waals surface area contributed by atoms with E-state index in [1.165, 1.54) is 0 Å². The summed E-state index contributed by atoms with van der Waals surface area (Å²) in [6.45, 7) is 3.43. The van der Waals surface area contributed by atoms with Crippen LogP contribution in [0.4, 0.5) is 0 Å². The summed E-state index contributed by atoms with van der Waals surface area (Å²) in [5.74, 6) is 1.14. The van der Waals surface area contributed by atoms with Crippen molar-refractivity contribution in [3.05, 3.63) is 65.9 Å². The number of hydrogen-bond donors (Lipinski definition) is 0. The number of carbonyl (C=O) groups excluding carboxylic acids is 1. The molecule has 1 aromatic heterocycles. The van der Waals surface area contributed by atoms with E-state index in [1.807, 2.05) is 42.5 Å². The minimum atomic E-state index is -0.306. The Balaban J connectivity index is 1.40. The van der Waals surface area contributed by atoms with Gasteiger partial charge in [0.05, 0.1) is 23.5 Å². The molecule has 0 aliphatic carbocycles. The lowest BCUT2D eigenvalue weighted by Gasteiger charge is -2.36. The van der Waals surface area contributed by atoms with E-state index in [4.69, 9.17) is 23.4 Å². The monoisotopic (exact) mass is 434 g/mol. The van der Waals surface area contributed by atoms with E-state index < -0.39 is 0 Å². The molecule has 0 N–H and O–H groups in total. The number of esters is 1. The van der Waals surface area contributed by atoms with Gasteiger partial charge in [-0.2, -0.15) is 0 Å². The van der Waals surface area contributed by atoms with Crippen LogP contribution in [0.15, 0.2) is 59.2 Å². The van der Waals surface area contributed by atoms with E-state index in [2.05, 4.69) is 13.0 Å². The zero-order valence-corrected chi connectivity index (χ0v) is 18.3. The number of benzene rings is 2. The summed E-state index contributed by atoms with van der Waals surface area (Å²) in [5.41, 5.74) is 2.04. The van der Waals surface area contributed by atoms with Crippen LogP contribution in [0.2, 0.25) is 0 Å². The molecule has 1 saturated heterocycles. The first-order chi connectivity index (χ1) is 15.6. The van der Waals surface area contributed by atoms with Crippen LogP contribution in [-0.4, -0.2) is 38.0 Å². The molecule has 0 amide bonds. The summed E-state index contributed by atoms with van der Waals surface area (Å²) in [5, 5.41) is 1.90. The first-order valence-electron chi connectivity index (χ1n) is 10.9. The summed E-state index contributed by atoms with van der Waals surface area (Å²) >= 11 is 0. The van der Waals surface area contributed by atoms with Crippen molar-refractivity contribution in [2.24, 2.45) is 0 Å². The van der Waals surface area contributed by atoms with Crippen molar-refractivity contribution in [1.82, 2.24) is 0 Å². The lowest BCUT2D eigenvalue weighted by Crippen LogP contribution is -2.39. The third-order valence-electron chi connectivity index (χ3n) is 6.29. The summed E-state index contributed by atoms with van der Waals surface area (Å²) in [6, 6.07) is 11.5. The van der Waals surface area contributed by atoms with E-state index in [0.717, 1.165) is 46.3 Å². The Morgan fingerprint density at radius 1 is 1.25 bits per heavy atom. The smallest absolute Gasteiger partial charge is 0.338 e. The quantitative estimate of drug-likeness (QED) is 0.388. The molecule has 1 fully saturated rings. The third-order valence-corrected chi connectivity index (χ3v) is 6.29. The van der Waals surface area contributed by atoms with Crippen LogP contribution in [0.1, 0.15) is 35.7 Å². The van der Waals surface area contributed by atoms with E-state index in [1.54, 1.807) is 13.4 Å². The maximum Gasteiger partial charge on any atom is 0.338 e. The van der Waals surface area contributed by atoms with Gasteiger partial charge in [0.25, 0.3) is 0 Å². The van der Waals surface area contributed by atoms with E-state index in [0.29, 0.717) is 18.8 Å². The fraction of sp³-hybridized carbons (Fsp3) is 0.346. The van der Waals surface area contributed by atoms with Gasteiger partial charge in [0.1, 0.15) is 24.7 Å².